The molecule has 0 aliphatic rings. The van der Waals surface area contributed by atoms with Crippen LogP contribution in [0.15, 0.2) is 12.7 Å². The highest BCUT2D eigenvalue weighted by Crippen LogP contribution is 2.30. The molecule has 0 atom stereocenters. The van der Waals surface area contributed by atoms with E-state index in [9.17, 15) is 0 Å². The van der Waals surface area contributed by atoms with E-state index in [2.05, 4.69) is 6.58 Å². The maximum absolute atomic E-state index is 5.82. The van der Waals surface area contributed by atoms with Crippen LogP contribution in [0.3, 0.4) is 0 Å². The molecule has 0 unspecified atom stereocenters. The van der Waals surface area contributed by atoms with Gasteiger partial charge < -0.3 is 27.5 Å². The van der Waals surface area contributed by atoms with E-state index in [1.165, 1.54) is 14.2 Å². The monoisotopic (exact) mass is 308 g/mol. The molecule has 0 N–H and O–H groups in total. The zero-order valence-electron chi connectivity index (χ0n) is 13.3. The number of ether oxygens (including phenoxy) is 3. The fourth-order valence-corrected chi connectivity index (χ4v) is 4.39. The van der Waals surface area contributed by atoms with Crippen LogP contribution in [0.4, 0.5) is 0 Å². The Kier molecular flexibility index (Phi) is 10.3. The van der Waals surface area contributed by atoms with E-state index < -0.39 is 14.2 Å². The van der Waals surface area contributed by atoms with Gasteiger partial charge in [-0.2, -0.15) is 0 Å². The van der Waals surface area contributed by atoms with Gasteiger partial charge in [0.05, 0.1) is 6.61 Å². The third-order valence-corrected chi connectivity index (χ3v) is 5.63. The Morgan fingerprint density at radius 3 is 1.90 bits per heavy atom. The van der Waals surface area contributed by atoms with E-state index in [1.807, 2.05) is 20.8 Å². The minimum atomic E-state index is -3.26. The van der Waals surface area contributed by atoms with Gasteiger partial charge in [-0.05, 0) is 20.8 Å². The molecule has 0 aliphatic heterocycles. The van der Waals surface area contributed by atoms with Crippen LogP contribution in [0, 0.1) is 0 Å². The summed E-state index contributed by atoms with van der Waals surface area (Å²) in [6, 6.07) is 0. The van der Waals surface area contributed by atoms with Crippen molar-refractivity contribution in [2.45, 2.75) is 26.2 Å². The molecule has 7 heteroatoms. The Balaban J connectivity index is 5.48. The van der Waals surface area contributed by atoms with Gasteiger partial charge in [0.25, 0.3) is 5.41 Å². The van der Waals surface area contributed by atoms with Gasteiger partial charge in [0.15, 0.2) is 0 Å². The minimum Gasteiger partial charge on any atom is -0.376 e. The van der Waals surface area contributed by atoms with Crippen LogP contribution in [0.25, 0.3) is 0 Å². The molecular weight excluding hydrogens is 280 g/mol. The second-order valence-electron chi connectivity index (χ2n) is 3.82. The second-order valence-corrected chi connectivity index (χ2v) is 6.80. The summed E-state index contributed by atoms with van der Waals surface area (Å²) >= 11 is 0. The van der Waals surface area contributed by atoms with Crippen LogP contribution in [0.5, 0.6) is 0 Å². The van der Waals surface area contributed by atoms with Crippen molar-refractivity contribution in [2.24, 2.45) is 0 Å². The second kappa shape index (κ2) is 10.4. The van der Waals surface area contributed by atoms with Gasteiger partial charge in [0.2, 0.25) is 0 Å². The van der Waals surface area contributed by atoms with E-state index in [-0.39, 0.29) is 13.2 Å². The molecule has 0 aromatic rings. The minimum absolute atomic E-state index is 0.177. The van der Waals surface area contributed by atoms with E-state index in [0.717, 1.165) is 0 Å². The third kappa shape index (κ3) is 4.63. The molecule has 0 bridgehead atoms. The lowest BCUT2D eigenvalue weighted by atomic mass is 10.6. The van der Waals surface area contributed by atoms with E-state index in [0.29, 0.717) is 19.8 Å². The van der Waals surface area contributed by atoms with Gasteiger partial charge in [-0.3, -0.25) is 0 Å². The third-order valence-electron chi connectivity index (χ3n) is 2.65. The first-order chi connectivity index (χ1) is 9.61. The van der Waals surface area contributed by atoms with E-state index in [4.69, 9.17) is 27.5 Å². The molecule has 0 fully saturated rings. The van der Waals surface area contributed by atoms with Gasteiger partial charge in [-0.25, -0.2) is 0 Å². The summed E-state index contributed by atoms with van der Waals surface area (Å²) < 4.78 is 34.1. The molecular formula is C13H28O6Si. The molecule has 0 amide bonds. The van der Waals surface area contributed by atoms with Gasteiger partial charge in [0.1, 0.15) is 6.61 Å². The Labute approximate surface area is 123 Å². The number of hydrogen-bond acceptors (Lipinski definition) is 6. The molecule has 120 valence electrons. The average molecular weight is 308 g/mol. The van der Waals surface area contributed by atoms with Gasteiger partial charge in [0, 0.05) is 34.0 Å². The Hall–Kier alpha value is -0.283. The predicted molar refractivity (Wildman–Crippen MR) is 78.4 cm³/mol. The molecule has 0 aromatic heterocycles. The van der Waals surface area contributed by atoms with Crippen LogP contribution in [-0.4, -0.2) is 61.5 Å². The lowest BCUT2D eigenvalue weighted by Gasteiger charge is -2.42. The van der Waals surface area contributed by atoms with Crippen molar-refractivity contribution < 1.29 is 27.5 Å². The number of rotatable bonds is 13. The maximum atomic E-state index is 5.82. The SMILES string of the molecule is C=CCO[Si](OC)(OC)C(COCC)(OCC)OCC. The largest absolute Gasteiger partial charge is 0.566 e. The molecule has 0 radical (unpaired) electrons. The molecule has 0 rings (SSSR count). The first kappa shape index (κ1) is 19.7. The van der Waals surface area contributed by atoms with E-state index >= 15 is 0 Å². The lowest BCUT2D eigenvalue weighted by molar-refractivity contribution is -0.240. The van der Waals surface area contributed by atoms with E-state index in [1.54, 1.807) is 6.08 Å². The smallest absolute Gasteiger partial charge is 0.376 e. The first-order valence-electron chi connectivity index (χ1n) is 6.82. The highest BCUT2D eigenvalue weighted by Gasteiger charge is 2.64. The Morgan fingerprint density at radius 2 is 1.55 bits per heavy atom. The highest BCUT2D eigenvalue weighted by molar-refractivity contribution is 6.63. The molecule has 0 saturated carbocycles. The summed E-state index contributed by atoms with van der Waals surface area (Å²) in [5, 5.41) is 0. The Bertz CT molecular complexity index is 251. The maximum Gasteiger partial charge on any atom is 0.566 e. The van der Waals surface area contributed by atoms with Crippen molar-refractivity contribution in [1.82, 2.24) is 0 Å². The molecule has 0 aromatic carbocycles. The molecule has 0 heterocycles. The van der Waals surface area contributed by atoms with Crippen LogP contribution in [-0.2, 0) is 27.5 Å². The topological polar surface area (TPSA) is 55.4 Å². The summed E-state index contributed by atoms with van der Waals surface area (Å²) in [5.41, 5.74) is -1.18. The summed E-state index contributed by atoms with van der Waals surface area (Å²) in [7, 11) is -0.213. The zero-order valence-corrected chi connectivity index (χ0v) is 14.3. The average Bonchev–Trinajstić information content (AvgIpc) is 2.47. The van der Waals surface area contributed by atoms with Crippen LogP contribution >= 0.6 is 0 Å². The van der Waals surface area contributed by atoms with Crippen molar-refractivity contribution in [3.05, 3.63) is 12.7 Å². The standard InChI is InChI=1S/C13H28O6Si/c1-7-11-19-20(14-5,15-6)13(17-9-3,18-10-4)12-16-8-2/h7H,1,8-12H2,2-6H3. The summed E-state index contributed by atoms with van der Waals surface area (Å²) in [6.07, 6.45) is 1.63. The van der Waals surface area contributed by atoms with Crippen molar-refractivity contribution in [1.29, 1.82) is 0 Å². The summed E-state index contributed by atoms with van der Waals surface area (Å²) in [4.78, 5) is 0. The van der Waals surface area contributed by atoms with Crippen molar-refractivity contribution in [3.63, 3.8) is 0 Å². The van der Waals surface area contributed by atoms with Crippen molar-refractivity contribution in [2.75, 3.05) is 47.3 Å². The summed E-state index contributed by atoms with van der Waals surface area (Å²) in [5.74, 6) is 0. The molecule has 0 aliphatic carbocycles. The molecule has 20 heavy (non-hydrogen) atoms. The van der Waals surface area contributed by atoms with Crippen molar-refractivity contribution >= 4 is 8.80 Å². The first-order valence-corrected chi connectivity index (χ1v) is 8.55. The van der Waals surface area contributed by atoms with Gasteiger partial charge in [-0.1, -0.05) is 6.08 Å². The predicted octanol–water partition coefficient (Wildman–Crippen LogP) is 1.77. The van der Waals surface area contributed by atoms with Crippen LogP contribution in [0.1, 0.15) is 20.8 Å². The number of hydrogen-bond donors (Lipinski definition) is 0. The van der Waals surface area contributed by atoms with Gasteiger partial charge >= 0.3 is 8.80 Å². The molecule has 0 saturated heterocycles. The Morgan fingerprint density at radius 1 is 1.00 bits per heavy atom. The quantitative estimate of drug-likeness (QED) is 0.294. The fourth-order valence-electron chi connectivity index (χ4n) is 1.88. The molecule has 0 spiro atoms. The van der Waals surface area contributed by atoms with Crippen LogP contribution in [0.2, 0.25) is 0 Å². The van der Waals surface area contributed by atoms with Crippen molar-refractivity contribution in [3.8, 4) is 0 Å². The lowest BCUT2D eigenvalue weighted by Crippen LogP contribution is -2.69. The normalized spacial score (nSPS) is 12.7. The zero-order chi connectivity index (χ0) is 15.5. The summed E-state index contributed by atoms with van der Waals surface area (Å²) in [6.45, 7) is 11.1. The molecule has 6 nitrogen and oxygen atoms in total. The van der Waals surface area contributed by atoms with Gasteiger partial charge in [-0.15, -0.1) is 6.58 Å². The van der Waals surface area contributed by atoms with Crippen LogP contribution < -0.4 is 0 Å². The fraction of sp³-hybridized carbons (Fsp3) is 0.846. The highest BCUT2D eigenvalue weighted by atomic mass is 28.4.